The molecule has 1 aromatic carbocycles. The molecule has 0 atom stereocenters. The lowest BCUT2D eigenvalue weighted by Crippen LogP contribution is -2.36. The summed E-state index contributed by atoms with van der Waals surface area (Å²) in [5.74, 6) is 1.33. The highest BCUT2D eigenvalue weighted by atomic mass is 15.4. The molecular weight excluding hydrogens is 314 g/mol. The van der Waals surface area contributed by atoms with Crippen LogP contribution in [0.2, 0.25) is 0 Å². The molecule has 0 aliphatic heterocycles. The van der Waals surface area contributed by atoms with Crippen molar-refractivity contribution in [3.05, 3.63) is 36.7 Å². The van der Waals surface area contributed by atoms with E-state index in [2.05, 4.69) is 37.3 Å². The average Bonchev–Trinajstić information content (AvgIpc) is 3.00. The SMILES string of the molecule is Cn1cc2ccc(Nc3ccnc(NNC4CCCCC4)n3)cc2n1. The third-order valence-electron chi connectivity index (χ3n) is 4.54. The van der Waals surface area contributed by atoms with Gasteiger partial charge in [0.05, 0.1) is 5.52 Å². The Kier molecular flexibility index (Phi) is 4.47. The fourth-order valence-corrected chi connectivity index (χ4v) is 3.27. The predicted octanol–water partition coefficient (Wildman–Crippen LogP) is 3.36. The number of rotatable bonds is 5. The molecule has 2 aromatic heterocycles. The van der Waals surface area contributed by atoms with Gasteiger partial charge in [-0.3, -0.25) is 10.1 Å². The van der Waals surface area contributed by atoms with Crippen molar-refractivity contribution in [1.29, 1.82) is 0 Å². The number of nitrogens with one attached hydrogen (secondary N) is 3. The molecule has 0 spiro atoms. The first-order chi connectivity index (χ1) is 12.3. The molecule has 7 heteroatoms. The van der Waals surface area contributed by atoms with Gasteiger partial charge >= 0.3 is 0 Å². The lowest BCUT2D eigenvalue weighted by Gasteiger charge is -2.23. The molecule has 1 saturated carbocycles. The van der Waals surface area contributed by atoms with Crippen molar-refractivity contribution in [2.75, 3.05) is 10.7 Å². The summed E-state index contributed by atoms with van der Waals surface area (Å²) >= 11 is 0. The summed E-state index contributed by atoms with van der Waals surface area (Å²) in [7, 11) is 1.93. The second-order valence-corrected chi connectivity index (χ2v) is 6.57. The fourth-order valence-electron chi connectivity index (χ4n) is 3.27. The molecule has 2 heterocycles. The van der Waals surface area contributed by atoms with Crippen molar-refractivity contribution >= 4 is 28.4 Å². The van der Waals surface area contributed by atoms with E-state index in [0.29, 0.717) is 12.0 Å². The van der Waals surface area contributed by atoms with Gasteiger partial charge in [0.25, 0.3) is 0 Å². The number of hydrogen-bond donors (Lipinski definition) is 3. The molecular formula is C18H23N7. The Morgan fingerprint density at radius 2 is 2.00 bits per heavy atom. The van der Waals surface area contributed by atoms with Crippen LogP contribution in [-0.2, 0) is 7.05 Å². The number of aromatic nitrogens is 4. The van der Waals surface area contributed by atoms with Crippen molar-refractivity contribution in [1.82, 2.24) is 25.2 Å². The van der Waals surface area contributed by atoms with Gasteiger partial charge in [-0.05, 0) is 37.1 Å². The van der Waals surface area contributed by atoms with E-state index in [0.717, 1.165) is 22.4 Å². The van der Waals surface area contributed by atoms with E-state index in [1.807, 2.05) is 36.1 Å². The van der Waals surface area contributed by atoms with E-state index < -0.39 is 0 Å². The highest BCUT2D eigenvalue weighted by molar-refractivity contribution is 5.82. The molecule has 0 bridgehead atoms. The largest absolute Gasteiger partial charge is 0.340 e. The van der Waals surface area contributed by atoms with Crippen molar-refractivity contribution < 1.29 is 0 Å². The number of fused-ring (bicyclic) bond motifs is 1. The highest BCUT2D eigenvalue weighted by Gasteiger charge is 2.12. The molecule has 4 rings (SSSR count). The minimum absolute atomic E-state index is 0.500. The summed E-state index contributed by atoms with van der Waals surface area (Å²) in [6, 6.07) is 8.45. The van der Waals surface area contributed by atoms with Gasteiger partial charge in [0, 0.05) is 36.6 Å². The maximum absolute atomic E-state index is 4.52. The molecule has 1 aliphatic rings. The first kappa shape index (κ1) is 15.8. The van der Waals surface area contributed by atoms with Crippen LogP contribution in [0.1, 0.15) is 32.1 Å². The van der Waals surface area contributed by atoms with Gasteiger partial charge in [-0.15, -0.1) is 0 Å². The van der Waals surface area contributed by atoms with Crippen LogP contribution in [0.3, 0.4) is 0 Å². The van der Waals surface area contributed by atoms with E-state index in [1.54, 1.807) is 6.20 Å². The lowest BCUT2D eigenvalue weighted by molar-refractivity contribution is 0.392. The quantitative estimate of drug-likeness (QED) is 0.620. The summed E-state index contributed by atoms with van der Waals surface area (Å²) in [6.07, 6.45) is 10.1. The Morgan fingerprint density at radius 3 is 2.88 bits per heavy atom. The second-order valence-electron chi connectivity index (χ2n) is 6.57. The Labute approximate surface area is 146 Å². The molecule has 130 valence electrons. The van der Waals surface area contributed by atoms with Gasteiger partial charge < -0.3 is 5.32 Å². The molecule has 0 unspecified atom stereocenters. The van der Waals surface area contributed by atoms with Crippen LogP contribution in [0.4, 0.5) is 17.5 Å². The molecule has 1 fully saturated rings. The van der Waals surface area contributed by atoms with Crippen LogP contribution in [0.15, 0.2) is 36.7 Å². The van der Waals surface area contributed by atoms with Gasteiger partial charge in [-0.2, -0.15) is 10.1 Å². The normalized spacial score (nSPS) is 15.4. The highest BCUT2D eigenvalue weighted by Crippen LogP contribution is 2.21. The van der Waals surface area contributed by atoms with E-state index in [-0.39, 0.29) is 0 Å². The maximum atomic E-state index is 4.52. The summed E-state index contributed by atoms with van der Waals surface area (Å²) in [5, 5.41) is 8.87. The molecule has 3 aromatic rings. The van der Waals surface area contributed by atoms with Crippen LogP contribution < -0.4 is 16.2 Å². The van der Waals surface area contributed by atoms with Gasteiger partial charge in [-0.25, -0.2) is 10.4 Å². The van der Waals surface area contributed by atoms with E-state index >= 15 is 0 Å². The van der Waals surface area contributed by atoms with Crippen LogP contribution in [0.5, 0.6) is 0 Å². The molecule has 1 aliphatic carbocycles. The number of benzene rings is 1. The van der Waals surface area contributed by atoms with Gasteiger partial charge in [0.1, 0.15) is 5.82 Å². The zero-order valence-corrected chi connectivity index (χ0v) is 14.4. The first-order valence-corrected chi connectivity index (χ1v) is 8.81. The number of hydrogen-bond acceptors (Lipinski definition) is 6. The summed E-state index contributed by atoms with van der Waals surface area (Å²) < 4.78 is 1.82. The molecule has 0 radical (unpaired) electrons. The number of hydrazine groups is 1. The van der Waals surface area contributed by atoms with Crippen LogP contribution in [0, 0.1) is 0 Å². The summed E-state index contributed by atoms with van der Waals surface area (Å²) in [5.41, 5.74) is 8.40. The predicted molar refractivity (Wildman–Crippen MR) is 99.7 cm³/mol. The fraction of sp³-hybridized carbons (Fsp3) is 0.389. The summed E-state index contributed by atoms with van der Waals surface area (Å²) in [6.45, 7) is 0. The Bertz CT molecular complexity index is 852. The topological polar surface area (TPSA) is 79.7 Å². The van der Waals surface area contributed by atoms with Crippen molar-refractivity contribution in [3.63, 3.8) is 0 Å². The molecule has 0 amide bonds. The van der Waals surface area contributed by atoms with Crippen molar-refractivity contribution in [3.8, 4) is 0 Å². The number of aryl methyl sites for hydroxylation is 1. The van der Waals surface area contributed by atoms with Crippen molar-refractivity contribution in [2.24, 2.45) is 7.05 Å². The lowest BCUT2D eigenvalue weighted by atomic mass is 9.96. The minimum atomic E-state index is 0.500. The summed E-state index contributed by atoms with van der Waals surface area (Å²) in [4.78, 5) is 8.79. The van der Waals surface area contributed by atoms with Gasteiger partial charge in [0.2, 0.25) is 5.95 Å². The molecule has 0 saturated heterocycles. The monoisotopic (exact) mass is 337 g/mol. The van der Waals surface area contributed by atoms with E-state index in [1.165, 1.54) is 32.1 Å². The van der Waals surface area contributed by atoms with E-state index in [9.17, 15) is 0 Å². The maximum Gasteiger partial charge on any atom is 0.239 e. The van der Waals surface area contributed by atoms with Crippen molar-refractivity contribution in [2.45, 2.75) is 38.1 Å². The third-order valence-corrected chi connectivity index (χ3v) is 4.54. The Morgan fingerprint density at radius 1 is 1.12 bits per heavy atom. The van der Waals surface area contributed by atoms with Crippen LogP contribution in [-0.4, -0.2) is 25.8 Å². The molecule has 7 nitrogen and oxygen atoms in total. The smallest absolute Gasteiger partial charge is 0.239 e. The molecule has 3 N–H and O–H groups in total. The number of nitrogens with zero attached hydrogens (tertiary/aromatic N) is 4. The standard InChI is InChI=1S/C18H23N7/c1-25-12-13-7-8-15(11-16(13)24-25)20-17-9-10-19-18(21-17)23-22-14-5-3-2-4-6-14/h7-12,14,22H,2-6H2,1H3,(H2,19,20,21,23). The Hall–Kier alpha value is -2.67. The Balaban J connectivity index is 1.42. The van der Waals surface area contributed by atoms with Crippen LogP contribution in [0.25, 0.3) is 10.9 Å². The minimum Gasteiger partial charge on any atom is -0.340 e. The molecule has 25 heavy (non-hydrogen) atoms. The van der Waals surface area contributed by atoms with Gasteiger partial charge in [0.15, 0.2) is 0 Å². The first-order valence-electron chi connectivity index (χ1n) is 8.81. The second kappa shape index (κ2) is 7.06. The zero-order chi connectivity index (χ0) is 17.1. The van der Waals surface area contributed by atoms with E-state index in [4.69, 9.17) is 0 Å². The zero-order valence-electron chi connectivity index (χ0n) is 14.4. The number of anilines is 3. The average molecular weight is 337 g/mol. The van der Waals surface area contributed by atoms with Gasteiger partial charge in [-0.1, -0.05) is 19.3 Å². The van der Waals surface area contributed by atoms with Crippen LogP contribution >= 0.6 is 0 Å². The third kappa shape index (κ3) is 3.88.